The second-order valence-corrected chi connectivity index (χ2v) is 7.03. The Hall–Kier alpha value is -1.99. The summed E-state index contributed by atoms with van der Waals surface area (Å²) in [6.07, 6.45) is 0. The number of anilines is 2. The van der Waals surface area contributed by atoms with Gasteiger partial charge in [-0.25, -0.2) is 0 Å². The number of nitrogens with zero attached hydrogens (tertiary/aromatic N) is 1. The van der Waals surface area contributed by atoms with Crippen molar-refractivity contribution in [2.75, 3.05) is 50.0 Å². The maximum absolute atomic E-state index is 12.4. The summed E-state index contributed by atoms with van der Waals surface area (Å²) in [7, 11) is 0. The Bertz CT molecular complexity index is 811. The van der Waals surface area contributed by atoms with Crippen molar-refractivity contribution < 1.29 is 14.6 Å². The van der Waals surface area contributed by atoms with Crippen molar-refractivity contribution >= 4 is 40.5 Å². The van der Waals surface area contributed by atoms with E-state index in [0.717, 1.165) is 45.1 Å². The van der Waals surface area contributed by atoms with Crippen LogP contribution in [-0.4, -0.2) is 55.3 Å². The zero-order chi connectivity index (χ0) is 19.2. The molecule has 0 bridgehead atoms. The van der Waals surface area contributed by atoms with Gasteiger partial charge in [0.2, 0.25) is 0 Å². The lowest BCUT2D eigenvalue weighted by Gasteiger charge is -2.26. The Labute approximate surface area is 168 Å². The molecule has 1 amide bonds. The molecular weight excluding hydrogens is 389 g/mol. The maximum atomic E-state index is 12.4. The lowest BCUT2D eigenvalue weighted by molar-refractivity contribution is 0.0398. The monoisotopic (exact) mass is 409 g/mol. The second kappa shape index (κ2) is 9.28. The SMILES string of the molecule is O=C(Nc1ccc(NCCN2CCOCC2)cc1Cl)c1cc(Cl)ccc1O. The molecule has 3 N–H and O–H groups in total. The molecular formula is C19H21Cl2N3O3. The molecule has 3 rings (SSSR count). The van der Waals surface area contributed by atoms with E-state index in [9.17, 15) is 9.90 Å². The zero-order valence-corrected chi connectivity index (χ0v) is 16.2. The van der Waals surface area contributed by atoms with Gasteiger partial charge in [-0.05, 0) is 36.4 Å². The number of aromatic hydroxyl groups is 1. The van der Waals surface area contributed by atoms with Gasteiger partial charge in [0.1, 0.15) is 5.75 Å². The third-order valence-corrected chi connectivity index (χ3v) is 4.83. The van der Waals surface area contributed by atoms with Gasteiger partial charge < -0.3 is 20.5 Å². The molecule has 0 aromatic heterocycles. The summed E-state index contributed by atoms with van der Waals surface area (Å²) in [6, 6.07) is 9.62. The van der Waals surface area contributed by atoms with E-state index in [1.165, 1.54) is 18.2 Å². The van der Waals surface area contributed by atoms with Crippen LogP contribution in [0.15, 0.2) is 36.4 Å². The highest BCUT2D eigenvalue weighted by Crippen LogP contribution is 2.28. The van der Waals surface area contributed by atoms with Crippen LogP contribution in [0.5, 0.6) is 5.75 Å². The molecule has 0 atom stereocenters. The quantitative estimate of drug-likeness (QED) is 0.678. The van der Waals surface area contributed by atoms with E-state index in [2.05, 4.69) is 15.5 Å². The third kappa shape index (κ3) is 5.49. The summed E-state index contributed by atoms with van der Waals surface area (Å²) in [6.45, 7) is 5.17. The van der Waals surface area contributed by atoms with Crippen LogP contribution < -0.4 is 10.6 Å². The normalized spacial score (nSPS) is 14.7. The number of phenols is 1. The Balaban J connectivity index is 1.57. The number of morpholine rings is 1. The molecule has 1 aliphatic rings. The van der Waals surface area contributed by atoms with Gasteiger partial charge >= 0.3 is 0 Å². The minimum absolute atomic E-state index is 0.0891. The molecule has 0 spiro atoms. The molecule has 144 valence electrons. The van der Waals surface area contributed by atoms with Gasteiger partial charge in [0.05, 0.1) is 29.5 Å². The first-order chi connectivity index (χ1) is 13.0. The van der Waals surface area contributed by atoms with E-state index in [1.54, 1.807) is 12.1 Å². The number of carbonyl (C=O) groups excluding carboxylic acids is 1. The fourth-order valence-electron chi connectivity index (χ4n) is 2.79. The van der Waals surface area contributed by atoms with Crippen LogP contribution in [0.4, 0.5) is 11.4 Å². The van der Waals surface area contributed by atoms with Gasteiger partial charge in [-0.2, -0.15) is 0 Å². The van der Waals surface area contributed by atoms with Crippen molar-refractivity contribution in [3.63, 3.8) is 0 Å². The highest BCUT2D eigenvalue weighted by Gasteiger charge is 2.14. The third-order valence-electron chi connectivity index (χ3n) is 4.28. The molecule has 0 aliphatic carbocycles. The summed E-state index contributed by atoms with van der Waals surface area (Å²) in [4.78, 5) is 14.7. The van der Waals surface area contributed by atoms with E-state index in [1.807, 2.05) is 6.07 Å². The van der Waals surface area contributed by atoms with E-state index >= 15 is 0 Å². The highest BCUT2D eigenvalue weighted by molar-refractivity contribution is 6.34. The van der Waals surface area contributed by atoms with Crippen molar-refractivity contribution in [1.29, 1.82) is 0 Å². The molecule has 1 heterocycles. The number of phenolic OH excluding ortho intramolecular Hbond substituents is 1. The smallest absolute Gasteiger partial charge is 0.259 e. The molecule has 0 radical (unpaired) electrons. The number of rotatable bonds is 6. The minimum Gasteiger partial charge on any atom is -0.507 e. The van der Waals surface area contributed by atoms with Crippen molar-refractivity contribution in [3.05, 3.63) is 52.0 Å². The summed E-state index contributed by atoms with van der Waals surface area (Å²) in [5.41, 5.74) is 1.42. The van der Waals surface area contributed by atoms with Gasteiger partial charge in [-0.15, -0.1) is 0 Å². The first-order valence-corrected chi connectivity index (χ1v) is 9.42. The predicted octanol–water partition coefficient (Wildman–Crippen LogP) is 3.70. The fourth-order valence-corrected chi connectivity index (χ4v) is 3.19. The summed E-state index contributed by atoms with van der Waals surface area (Å²) in [5, 5.41) is 16.6. The fraction of sp³-hybridized carbons (Fsp3) is 0.316. The molecule has 0 unspecified atom stereocenters. The number of halogens is 2. The topological polar surface area (TPSA) is 73.8 Å². The molecule has 1 saturated heterocycles. The van der Waals surface area contributed by atoms with Crippen molar-refractivity contribution in [1.82, 2.24) is 4.90 Å². The lowest BCUT2D eigenvalue weighted by Crippen LogP contribution is -2.39. The van der Waals surface area contributed by atoms with Crippen molar-refractivity contribution in [3.8, 4) is 5.75 Å². The van der Waals surface area contributed by atoms with Crippen LogP contribution in [0.3, 0.4) is 0 Å². The van der Waals surface area contributed by atoms with Crippen LogP contribution in [-0.2, 0) is 4.74 Å². The number of hydrogen-bond donors (Lipinski definition) is 3. The molecule has 8 heteroatoms. The van der Waals surface area contributed by atoms with Crippen LogP contribution >= 0.6 is 23.2 Å². The van der Waals surface area contributed by atoms with Crippen LogP contribution in [0, 0.1) is 0 Å². The Kier molecular flexibility index (Phi) is 6.79. The van der Waals surface area contributed by atoms with Gasteiger partial charge in [-0.1, -0.05) is 23.2 Å². The number of carbonyl (C=O) groups is 1. The average Bonchev–Trinajstić information content (AvgIpc) is 2.66. The lowest BCUT2D eigenvalue weighted by atomic mass is 10.2. The standard InChI is InChI=1S/C19H21Cl2N3O3/c20-13-1-4-18(25)15(11-13)19(26)23-17-3-2-14(12-16(17)21)22-5-6-24-7-9-27-10-8-24/h1-4,11-12,22,25H,5-10H2,(H,23,26). The molecule has 0 saturated carbocycles. The molecule has 6 nitrogen and oxygen atoms in total. The van der Waals surface area contributed by atoms with Gasteiger partial charge in [0, 0.05) is 36.9 Å². The number of hydrogen-bond acceptors (Lipinski definition) is 5. The number of ether oxygens (including phenoxy) is 1. The summed E-state index contributed by atoms with van der Waals surface area (Å²) in [5.74, 6) is -0.626. The molecule has 27 heavy (non-hydrogen) atoms. The molecule has 1 aliphatic heterocycles. The van der Waals surface area contributed by atoms with Crippen LogP contribution in [0.25, 0.3) is 0 Å². The van der Waals surface area contributed by atoms with Crippen molar-refractivity contribution in [2.24, 2.45) is 0 Å². The van der Waals surface area contributed by atoms with Gasteiger partial charge in [-0.3, -0.25) is 9.69 Å². The van der Waals surface area contributed by atoms with Gasteiger partial charge in [0.25, 0.3) is 5.91 Å². The Morgan fingerprint density at radius 1 is 1.15 bits per heavy atom. The number of amides is 1. The second-order valence-electron chi connectivity index (χ2n) is 6.19. The van der Waals surface area contributed by atoms with E-state index in [-0.39, 0.29) is 11.3 Å². The van der Waals surface area contributed by atoms with E-state index in [0.29, 0.717) is 15.7 Å². The Morgan fingerprint density at radius 2 is 1.93 bits per heavy atom. The highest BCUT2D eigenvalue weighted by atomic mass is 35.5. The molecule has 2 aromatic rings. The summed E-state index contributed by atoms with van der Waals surface area (Å²) < 4.78 is 5.33. The van der Waals surface area contributed by atoms with E-state index in [4.69, 9.17) is 27.9 Å². The first kappa shape index (κ1) is 19.8. The first-order valence-electron chi connectivity index (χ1n) is 8.66. The predicted molar refractivity (Wildman–Crippen MR) is 108 cm³/mol. The van der Waals surface area contributed by atoms with E-state index < -0.39 is 5.91 Å². The largest absolute Gasteiger partial charge is 0.507 e. The molecule has 2 aromatic carbocycles. The summed E-state index contributed by atoms with van der Waals surface area (Å²) >= 11 is 12.2. The number of benzene rings is 2. The average molecular weight is 410 g/mol. The van der Waals surface area contributed by atoms with Gasteiger partial charge in [0.15, 0.2) is 0 Å². The van der Waals surface area contributed by atoms with Crippen molar-refractivity contribution in [2.45, 2.75) is 0 Å². The zero-order valence-electron chi connectivity index (χ0n) is 14.7. The Morgan fingerprint density at radius 3 is 2.67 bits per heavy atom. The maximum Gasteiger partial charge on any atom is 0.259 e. The minimum atomic E-state index is -0.482. The molecule has 1 fully saturated rings. The van der Waals surface area contributed by atoms with Crippen LogP contribution in [0.1, 0.15) is 10.4 Å². The van der Waals surface area contributed by atoms with Crippen LogP contribution in [0.2, 0.25) is 10.0 Å². The number of nitrogens with one attached hydrogen (secondary N) is 2.